The maximum atomic E-state index is 6.04. The Morgan fingerprint density at radius 1 is 1.30 bits per heavy atom. The van der Waals surface area contributed by atoms with E-state index < -0.39 is 0 Å². The highest BCUT2D eigenvalue weighted by atomic mass is 79.9. The molecule has 0 aliphatic heterocycles. The van der Waals surface area contributed by atoms with Crippen LogP contribution in [0.15, 0.2) is 46.9 Å². The van der Waals surface area contributed by atoms with Crippen LogP contribution < -0.4 is 11.3 Å². The molecule has 0 amide bonds. The molecular weight excluding hydrogens is 336 g/mol. The fourth-order valence-corrected chi connectivity index (χ4v) is 3.40. The van der Waals surface area contributed by atoms with Gasteiger partial charge in [-0.25, -0.2) is 0 Å². The first-order valence-corrected chi connectivity index (χ1v) is 7.85. The Labute approximate surface area is 132 Å². The van der Waals surface area contributed by atoms with Gasteiger partial charge in [-0.05, 0) is 63.5 Å². The first kappa shape index (κ1) is 14.1. The molecule has 0 heterocycles. The summed E-state index contributed by atoms with van der Waals surface area (Å²) >= 11 is 9.51. The van der Waals surface area contributed by atoms with Crippen molar-refractivity contribution in [1.82, 2.24) is 5.43 Å². The fraction of sp³-hybridized carbons (Fsp3) is 0.250. The highest BCUT2D eigenvalue weighted by molar-refractivity contribution is 9.10. The van der Waals surface area contributed by atoms with E-state index in [9.17, 15) is 0 Å². The lowest BCUT2D eigenvalue weighted by molar-refractivity contribution is 0.435. The Kier molecular flexibility index (Phi) is 4.13. The van der Waals surface area contributed by atoms with Gasteiger partial charge in [0.15, 0.2) is 0 Å². The normalized spacial score (nSPS) is 18.2. The number of hydrazine groups is 1. The molecule has 20 heavy (non-hydrogen) atoms. The largest absolute Gasteiger partial charge is 0.271 e. The molecule has 2 aromatic rings. The summed E-state index contributed by atoms with van der Waals surface area (Å²) in [6.07, 6.45) is 2.14. The molecule has 0 fully saturated rings. The van der Waals surface area contributed by atoms with Crippen molar-refractivity contribution < 1.29 is 0 Å². The van der Waals surface area contributed by atoms with Crippen molar-refractivity contribution in [2.24, 2.45) is 5.84 Å². The molecule has 0 radical (unpaired) electrons. The summed E-state index contributed by atoms with van der Waals surface area (Å²) in [6, 6.07) is 14.7. The summed E-state index contributed by atoms with van der Waals surface area (Å²) in [5, 5.41) is 0.721. The minimum absolute atomic E-state index is 0.141. The minimum Gasteiger partial charge on any atom is -0.271 e. The van der Waals surface area contributed by atoms with Gasteiger partial charge in [0.05, 0.1) is 5.02 Å². The Bertz CT molecular complexity index is 630. The summed E-state index contributed by atoms with van der Waals surface area (Å²) in [5.74, 6) is 6.33. The van der Waals surface area contributed by atoms with Crippen LogP contribution in [-0.2, 0) is 6.42 Å². The zero-order chi connectivity index (χ0) is 14.1. The quantitative estimate of drug-likeness (QED) is 0.635. The summed E-state index contributed by atoms with van der Waals surface area (Å²) in [7, 11) is 0. The van der Waals surface area contributed by atoms with Crippen LogP contribution in [0.2, 0.25) is 5.02 Å². The molecule has 2 atom stereocenters. The molecule has 4 heteroatoms. The lowest BCUT2D eigenvalue weighted by atomic mass is 9.74. The Morgan fingerprint density at radius 2 is 2.10 bits per heavy atom. The smallest absolute Gasteiger partial charge is 0.0548 e. The molecule has 104 valence electrons. The molecule has 0 aromatic heterocycles. The number of hydrogen-bond acceptors (Lipinski definition) is 2. The number of hydrogen-bond donors (Lipinski definition) is 2. The summed E-state index contributed by atoms with van der Waals surface area (Å²) in [6.45, 7) is 0. The topological polar surface area (TPSA) is 38.0 Å². The number of fused-ring (bicyclic) bond motifs is 1. The second-order valence-electron chi connectivity index (χ2n) is 5.23. The van der Waals surface area contributed by atoms with E-state index in [2.05, 4.69) is 45.6 Å². The Morgan fingerprint density at radius 3 is 2.80 bits per heavy atom. The summed E-state index contributed by atoms with van der Waals surface area (Å²) in [4.78, 5) is 0. The van der Waals surface area contributed by atoms with Gasteiger partial charge in [0.1, 0.15) is 0 Å². The van der Waals surface area contributed by atoms with Crippen molar-refractivity contribution in [3.05, 3.63) is 68.7 Å². The van der Waals surface area contributed by atoms with Crippen LogP contribution in [0.1, 0.15) is 35.1 Å². The van der Waals surface area contributed by atoms with Gasteiger partial charge < -0.3 is 0 Å². The van der Waals surface area contributed by atoms with E-state index in [4.69, 9.17) is 17.4 Å². The number of rotatable bonds is 4. The number of nitrogens with one attached hydrogen (secondary N) is 1. The van der Waals surface area contributed by atoms with Crippen molar-refractivity contribution in [3.63, 3.8) is 0 Å². The number of nitrogens with two attached hydrogens (primary N) is 1. The van der Waals surface area contributed by atoms with Gasteiger partial charge in [0, 0.05) is 10.5 Å². The van der Waals surface area contributed by atoms with E-state index in [0.29, 0.717) is 5.92 Å². The standard InChI is InChI=1S/C16H16BrClN2/c17-14-8-11(5-6-15(14)18)16(20-19)9-12-7-10-3-1-2-4-13(10)12/h1-6,8,12,16,20H,7,9,19H2. The van der Waals surface area contributed by atoms with Gasteiger partial charge in [0.2, 0.25) is 0 Å². The maximum Gasteiger partial charge on any atom is 0.0548 e. The Hall–Kier alpha value is -0.870. The molecule has 0 saturated heterocycles. The minimum atomic E-state index is 0.141. The predicted molar refractivity (Wildman–Crippen MR) is 86.7 cm³/mol. The summed E-state index contributed by atoms with van der Waals surface area (Å²) in [5.41, 5.74) is 7.01. The van der Waals surface area contributed by atoms with Crippen LogP contribution in [-0.4, -0.2) is 0 Å². The number of benzene rings is 2. The van der Waals surface area contributed by atoms with E-state index >= 15 is 0 Å². The zero-order valence-electron chi connectivity index (χ0n) is 10.9. The van der Waals surface area contributed by atoms with Crippen LogP contribution in [0.4, 0.5) is 0 Å². The average Bonchev–Trinajstić information content (AvgIpc) is 2.44. The van der Waals surface area contributed by atoms with Crippen LogP contribution in [0.25, 0.3) is 0 Å². The SMILES string of the molecule is NNC(CC1Cc2ccccc21)c1ccc(Cl)c(Br)c1. The highest BCUT2D eigenvalue weighted by Crippen LogP contribution is 2.41. The van der Waals surface area contributed by atoms with Crippen LogP contribution in [0.5, 0.6) is 0 Å². The lowest BCUT2D eigenvalue weighted by Crippen LogP contribution is -2.31. The third kappa shape index (κ3) is 2.63. The molecule has 0 saturated carbocycles. The van der Waals surface area contributed by atoms with Crippen molar-refractivity contribution in [1.29, 1.82) is 0 Å². The molecule has 1 aliphatic rings. The van der Waals surface area contributed by atoms with E-state index in [1.54, 1.807) is 0 Å². The second kappa shape index (κ2) is 5.86. The molecule has 2 nitrogen and oxygen atoms in total. The van der Waals surface area contributed by atoms with Gasteiger partial charge >= 0.3 is 0 Å². The molecule has 3 N–H and O–H groups in total. The van der Waals surface area contributed by atoms with Crippen molar-refractivity contribution in [2.75, 3.05) is 0 Å². The molecule has 0 bridgehead atoms. The number of halogens is 2. The van der Waals surface area contributed by atoms with Gasteiger partial charge in [-0.3, -0.25) is 11.3 Å². The van der Waals surface area contributed by atoms with Crippen LogP contribution in [0.3, 0.4) is 0 Å². The van der Waals surface area contributed by atoms with E-state index in [1.807, 2.05) is 18.2 Å². The Balaban J connectivity index is 1.77. The molecule has 2 unspecified atom stereocenters. The third-order valence-corrected chi connectivity index (χ3v) is 5.24. The first-order chi connectivity index (χ1) is 9.69. The maximum absolute atomic E-state index is 6.04. The van der Waals surface area contributed by atoms with Crippen molar-refractivity contribution in [3.8, 4) is 0 Å². The fourth-order valence-electron chi connectivity index (χ4n) is 2.89. The van der Waals surface area contributed by atoms with E-state index in [-0.39, 0.29) is 6.04 Å². The van der Waals surface area contributed by atoms with E-state index in [1.165, 1.54) is 11.1 Å². The van der Waals surface area contributed by atoms with Gasteiger partial charge in [-0.2, -0.15) is 0 Å². The average molecular weight is 352 g/mol. The molecule has 2 aromatic carbocycles. The first-order valence-electron chi connectivity index (χ1n) is 6.68. The molecular formula is C16H16BrClN2. The molecule has 3 rings (SSSR count). The second-order valence-corrected chi connectivity index (χ2v) is 6.49. The van der Waals surface area contributed by atoms with Crippen LogP contribution in [0, 0.1) is 0 Å². The summed E-state index contributed by atoms with van der Waals surface area (Å²) < 4.78 is 0.908. The third-order valence-electron chi connectivity index (χ3n) is 4.03. The van der Waals surface area contributed by atoms with Gasteiger partial charge in [-0.15, -0.1) is 0 Å². The van der Waals surface area contributed by atoms with Crippen molar-refractivity contribution in [2.45, 2.75) is 24.8 Å². The molecule has 0 spiro atoms. The van der Waals surface area contributed by atoms with Crippen LogP contribution >= 0.6 is 27.5 Å². The molecule has 1 aliphatic carbocycles. The van der Waals surface area contributed by atoms with Gasteiger partial charge in [0.25, 0.3) is 0 Å². The van der Waals surface area contributed by atoms with E-state index in [0.717, 1.165) is 27.9 Å². The zero-order valence-corrected chi connectivity index (χ0v) is 13.3. The predicted octanol–water partition coefficient (Wildman–Crippen LogP) is 4.34. The van der Waals surface area contributed by atoms with Gasteiger partial charge in [-0.1, -0.05) is 41.9 Å². The highest BCUT2D eigenvalue weighted by Gasteiger charge is 2.28. The lowest BCUT2D eigenvalue weighted by Gasteiger charge is -2.33. The van der Waals surface area contributed by atoms with Crippen molar-refractivity contribution >= 4 is 27.5 Å². The monoisotopic (exact) mass is 350 g/mol.